The van der Waals surface area contributed by atoms with E-state index >= 15 is 0 Å². The summed E-state index contributed by atoms with van der Waals surface area (Å²) in [5, 5.41) is 0. The molecular formula is C10H14O2. The average molecular weight is 166 g/mol. The summed E-state index contributed by atoms with van der Waals surface area (Å²) in [5.41, 5.74) is 1.12. The van der Waals surface area contributed by atoms with E-state index in [4.69, 9.17) is 0 Å². The van der Waals surface area contributed by atoms with E-state index in [-0.39, 0.29) is 17.6 Å². The highest BCUT2D eigenvalue weighted by molar-refractivity contribution is 5.76. The molecule has 0 spiro atoms. The van der Waals surface area contributed by atoms with Gasteiger partial charge in [-0.2, -0.15) is 0 Å². The second-order valence-electron chi connectivity index (χ2n) is 3.51. The van der Waals surface area contributed by atoms with E-state index in [9.17, 15) is 9.59 Å². The Morgan fingerprint density at radius 1 is 1.75 bits per heavy atom. The maximum absolute atomic E-state index is 10.8. The summed E-state index contributed by atoms with van der Waals surface area (Å²) in [7, 11) is 0. The smallest absolute Gasteiger partial charge is 0.130 e. The van der Waals surface area contributed by atoms with Gasteiger partial charge in [-0.15, -0.1) is 0 Å². The lowest BCUT2D eigenvalue weighted by molar-refractivity contribution is -0.118. The van der Waals surface area contributed by atoms with Gasteiger partial charge in [-0.25, -0.2) is 0 Å². The third kappa shape index (κ3) is 1.81. The highest BCUT2D eigenvalue weighted by Crippen LogP contribution is 2.32. The largest absolute Gasteiger partial charge is 0.303 e. The number of allylic oxidation sites excluding steroid dienone is 2. The summed E-state index contributed by atoms with van der Waals surface area (Å²) in [6.07, 6.45) is 4.45. The van der Waals surface area contributed by atoms with Gasteiger partial charge in [0.15, 0.2) is 0 Å². The van der Waals surface area contributed by atoms with Crippen LogP contribution >= 0.6 is 0 Å². The van der Waals surface area contributed by atoms with E-state index in [1.54, 1.807) is 6.92 Å². The Morgan fingerprint density at radius 3 is 2.92 bits per heavy atom. The minimum Gasteiger partial charge on any atom is -0.303 e. The van der Waals surface area contributed by atoms with Crippen molar-refractivity contribution in [3.05, 3.63) is 11.6 Å². The molecule has 12 heavy (non-hydrogen) atoms. The van der Waals surface area contributed by atoms with Crippen LogP contribution in [0.1, 0.15) is 26.7 Å². The first kappa shape index (κ1) is 9.17. The third-order valence-corrected chi connectivity index (χ3v) is 2.47. The van der Waals surface area contributed by atoms with Gasteiger partial charge >= 0.3 is 0 Å². The minimum atomic E-state index is -0.00565. The molecule has 0 aliphatic heterocycles. The molecule has 1 rings (SSSR count). The highest BCUT2D eigenvalue weighted by Gasteiger charge is 2.27. The molecule has 0 saturated heterocycles. The van der Waals surface area contributed by atoms with Crippen LogP contribution in [0.4, 0.5) is 0 Å². The van der Waals surface area contributed by atoms with Gasteiger partial charge in [-0.3, -0.25) is 0 Å². The Morgan fingerprint density at radius 2 is 2.42 bits per heavy atom. The lowest BCUT2D eigenvalue weighted by Gasteiger charge is -2.13. The molecule has 2 heteroatoms. The number of Topliss-reactive ketones (excluding diaryl/α,β-unsaturated/α-hetero) is 1. The Bertz CT molecular complexity index is 228. The molecule has 0 saturated carbocycles. The Kier molecular flexibility index (Phi) is 2.79. The zero-order valence-corrected chi connectivity index (χ0v) is 7.54. The van der Waals surface area contributed by atoms with Gasteiger partial charge in [0, 0.05) is 12.3 Å². The SMILES string of the molecule is CC(=O)C[C@@H]1CC=C(C)C1C=O. The predicted octanol–water partition coefficient (Wildman–Crippen LogP) is 1.75. The van der Waals surface area contributed by atoms with Crippen LogP contribution in [0.15, 0.2) is 11.6 Å². The van der Waals surface area contributed by atoms with Crippen molar-refractivity contribution in [2.75, 3.05) is 0 Å². The number of carbonyl (C=O) groups is 2. The molecule has 0 heterocycles. The van der Waals surface area contributed by atoms with Crippen molar-refractivity contribution in [3.63, 3.8) is 0 Å². The van der Waals surface area contributed by atoms with Crippen molar-refractivity contribution in [2.45, 2.75) is 26.7 Å². The predicted molar refractivity (Wildman–Crippen MR) is 46.7 cm³/mol. The van der Waals surface area contributed by atoms with E-state index < -0.39 is 0 Å². The summed E-state index contributed by atoms with van der Waals surface area (Å²) in [4.78, 5) is 21.5. The van der Waals surface area contributed by atoms with Gasteiger partial charge in [0.05, 0.1) is 0 Å². The molecule has 2 nitrogen and oxygen atoms in total. The van der Waals surface area contributed by atoms with E-state index in [0.717, 1.165) is 18.3 Å². The van der Waals surface area contributed by atoms with Gasteiger partial charge in [0.1, 0.15) is 12.1 Å². The molecule has 1 unspecified atom stereocenters. The normalized spacial score (nSPS) is 28.3. The molecular weight excluding hydrogens is 152 g/mol. The summed E-state index contributed by atoms with van der Waals surface area (Å²) in [5.74, 6) is 0.406. The van der Waals surface area contributed by atoms with E-state index in [1.807, 2.05) is 6.92 Å². The molecule has 0 radical (unpaired) electrons. The molecule has 0 fully saturated rings. The summed E-state index contributed by atoms with van der Waals surface area (Å²) in [6, 6.07) is 0. The number of aldehydes is 1. The lowest BCUT2D eigenvalue weighted by Crippen LogP contribution is -2.14. The topological polar surface area (TPSA) is 34.1 Å². The number of hydrogen-bond acceptors (Lipinski definition) is 2. The van der Waals surface area contributed by atoms with Crippen LogP contribution in [0, 0.1) is 11.8 Å². The first-order valence-electron chi connectivity index (χ1n) is 4.26. The summed E-state index contributed by atoms with van der Waals surface area (Å²) in [6.45, 7) is 3.54. The maximum atomic E-state index is 10.8. The fourth-order valence-corrected chi connectivity index (χ4v) is 1.79. The minimum absolute atomic E-state index is 0.00565. The zero-order valence-electron chi connectivity index (χ0n) is 7.54. The maximum Gasteiger partial charge on any atom is 0.130 e. The second kappa shape index (κ2) is 3.65. The van der Waals surface area contributed by atoms with Crippen molar-refractivity contribution >= 4 is 12.1 Å². The third-order valence-electron chi connectivity index (χ3n) is 2.47. The van der Waals surface area contributed by atoms with Gasteiger partial charge < -0.3 is 9.59 Å². The number of rotatable bonds is 3. The van der Waals surface area contributed by atoms with Crippen LogP contribution in [0.3, 0.4) is 0 Å². The van der Waals surface area contributed by atoms with Crippen molar-refractivity contribution < 1.29 is 9.59 Å². The zero-order chi connectivity index (χ0) is 9.14. The van der Waals surface area contributed by atoms with Crippen LogP contribution in [0.25, 0.3) is 0 Å². The first-order valence-corrected chi connectivity index (χ1v) is 4.26. The van der Waals surface area contributed by atoms with Crippen LogP contribution in [0.2, 0.25) is 0 Å². The first-order chi connectivity index (χ1) is 5.65. The fourth-order valence-electron chi connectivity index (χ4n) is 1.79. The van der Waals surface area contributed by atoms with E-state index in [0.29, 0.717) is 6.42 Å². The van der Waals surface area contributed by atoms with Crippen LogP contribution in [0.5, 0.6) is 0 Å². The molecule has 0 aromatic carbocycles. The van der Waals surface area contributed by atoms with Crippen molar-refractivity contribution in [1.29, 1.82) is 0 Å². The molecule has 1 aliphatic rings. The molecule has 66 valence electrons. The van der Waals surface area contributed by atoms with Crippen LogP contribution in [-0.2, 0) is 9.59 Å². The highest BCUT2D eigenvalue weighted by atomic mass is 16.1. The monoisotopic (exact) mass is 166 g/mol. The van der Waals surface area contributed by atoms with Crippen molar-refractivity contribution in [3.8, 4) is 0 Å². The number of carbonyl (C=O) groups excluding carboxylic acids is 2. The van der Waals surface area contributed by atoms with E-state index in [1.165, 1.54) is 0 Å². The average Bonchev–Trinajstić information content (AvgIpc) is 2.30. The molecule has 0 bridgehead atoms. The van der Waals surface area contributed by atoms with Gasteiger partial charge in [-0.05, 0) is 26.2 Å². The van der Waals surface area contributed by atoms with Gasteiger partial charge in [0.2, 0.25) is 0 Å². The molecule has 0 amide bonds. The number of ketones is 1. The Labute approximate surface area is 72.7 Å². The van der Waals surface area contributed by atoms with Gasteiger partial charge in [0.25, 0.3) is 0 Å². The molecule has 2 atom stereocenters. The summed E-state index contributed by atoms with van der Waals surface area (Å²) >= 11 is 0. The van der Waals surface area contributed by atoms with Crippen LogP contribution in [-0.4, -0.2) is 12.1 Å². The quantitative estimate of drug-likeness (QED) is 0.473. The van der Waals surface area contributed by atoms with Crippen molar-refractivity contribution in [2.24, 2.45) is 11.8 Å². The summed E-state index contributed by atoms with van der Waals surface area (Å²) < 4.78 is 0. The Hall–Kier alpha value is -0.920. The standard InChI is InChI=1S/C10H14O2/c1-7-3-4-9(5-8(2)12)10(7)6-11/h3,6,9-10H,4-5H2,1-2H3/t9-,10?/m0/s1. The molecule has 1 aliphatic carbocycles. The van der Waals surface area contributed by atoms with Gasteiger partial charge in [-0.1, -0.05) is 11.6 Å². The van der Waals surface area contributed by atoms with Crippen LogP contribution < -0.4 is 0 Å². The molecule has 0 aromatic heterocycles. The Balaban J connectivity index is 2.59. The molecule has 0 N–H and O–H groups in total. The molecule has 0 aromatic rings. The fraction of sp³-hybridized carbons (Fsp3) is 0.600. The lowest BCUT2D eigenvalue weighted by atomic mass is 9.89. The van der Waals surface area contributed by atoms with E-state index in [2.05, 4.69) is 6.08 Å². The number of hydrogen-bond donors (Lipinski definition) is 0. The van der Waals surface area contributed by atoms with Crippen molar-refractivity contribution in [1.82, 2.24) is 0 Å². The second-order valence-corrected chi connectivity index (χ2v) is 3.51.